The fourth-order valence-corrected chi connectivity index (χ4v) is 5.36. The third-order valence-corrected chi connectivity index (χ3v) is 7.85. The molecule has 1 aliphatic rings. The molecule has 0 saturated carbocycles. The second kappa shape index (κ2) is 10.2. The van der Waals surface area contributed by atoms with Gasteiger partial charge in [-0.05, 0) is 65.5 Å². The summed E-state index contributed by atoms with van der Waals surface area (Å²) in [6, 6.07) is 14.8. The van der Waals surface area contributed by atoms with Gasteiger partial charge >= 0.3 is 0 Å². The van der Waals surface area contributed by atoms with E-state index >= 15 is 0 Å². The first kappa shape index (κ1) is 25.9. The Labute approximate surface area is 225 Å². The number of rotatable bonds is 5. The quantitative estimate of drug-likeness (QED) is 0.394. The highest BCUT2D eigenvalue weighted by Crippen LogP contribution is 2.31. The largest absolute Gasteiger partial charge is 0.355 e. The van der Waals surface area contributed by atoms with E-state index in [4.69, 9.17) is 9.97 Å². The van der Waals surface area contributed by atoms with Crippen molar-refractivity contribution in [2.45, 2.75) is 58.3 Å². The number of aromatic nitrogens is 4. The SMILES string of the molecule is CNC(=O)c1ccc(C2CCN(c3nc(Cc4cc(C(C)(C)C)ccc4C)c4c(ncn4C)n3)CC2)cc1. The fourth-order valence-electron chi connectivity index (χ4n) is 5.36. The summed E-state index contributed by atoms with van der Waals surface area (Å²) in [6.45, 7) is 10.7. The maximum absolute atomic E-state index is 11.9. The summed E-state index contributed by atoms with van der Waals surface area (Å²) in [7, 11) is 3.67. The number of nitrogens with one attached hydrogen (secondary N) is 1. The Morgan fingerprint density at radius 3 is 2.42 bits per heavy atom. The Hall–Kier alpha value is -3.74. The molecule has 7 nitrogen and oxygen atoms in total. The van der Waals surface area contributed by atoms with Gasteiger partial charge in [0.15, 0.2) is 5.65 Å². The van der Waals surface area contributed by atoms with Crippen LogP contribution in [0, 0.1) is 6.92 Å². The lowest BCUT2D eigenvalue weighted by Gasteiger charge is -2.32. The van der Waals surface area contributed by atoms with E-state index in [0.717, 1.165) is 55.2 Å². The Morgan fingerprint density at radius 2 is 1.76 bits per heavy atom. The lowest BCUT2D eigenvalue weighted by atomic mass is 9.84. The number of anilines is 1. The summed E-state index contributed by atoms with van der Waals surface area (Å²) in [5.74, 6) is 1.18. The molecule has 1 amide bonds. The molecule has 5 rings (SSSR count). The molecule has 0 radical (unpaired) electrons. The zero-order valence-corrected chi connectivity index (χ0v) is 23.4. The highest BCUT2D eigenvalue weighted by atomic mass is 16.1. The van der Waals surface area contributed by atoms with Gasteiger partial charge in [0.1, 0.15) is 5.52 Å². The number of fused-ring (bicyclic) bond motifs is 1. The second-order valence-corrected chi connectivity index (χ2v) is 11.5. The predicted octanol–water partition coefficient (Wildman–Crippen LogP) is 5.30. The van der Waals surface area contributed by atoms with Gasteiger partial charge in [0, 0.05) is 39.2 Å². The van der Waals surface area contributed by atoms with Gasteiger partial charge in [0.25, 0.3) is 5.91 Å². The van der Waals surface area contributed by atoms with E-state index in [9.17, 15) is 4.79 Å². The van der Waals surface area contributed by atoms with E-state index in [1.54, 1.807) is 7.05 Å². The van der Waals surface area contributed by atoms with Gasteiger partial charge in [-0.3, -0.25) is 4.79 Å². The summed E-state index contributed by atoms with van der Waals surface area (Å²) in [6.07, 6.45) is 4.62. The third kappa shape index (κ3) is 5.15. The minimum atomic E-state index is -0.0513. The zero-order chi connectivity index (χ0) is 27.0. The van der Waals surface area contributed by atoms with Crippen molar-refractivity contribution in [2.75, 3.05) is 25.0 Å². The molecule has 7 heteroatoms. The van der Waals surface area contributed by atoms with E-state index in [2.05, 4.69) is 73.2 Å². The van der Waals surface area contributed by atoms with Crippen molar-refractivity contribution < 1.29 is 4.79 Å². The van der Waals surface area contributed by atoms with Gasteiger partial charge < -0.3 is 14.8 Å². The van der Waals surface area contributed by atoms with Crippen LogP contribution in [-0.2, 0) is 18.9 Å². The third-order valence-electron chi connectivity index (χ3n) is 7.85. The van der Waals surface area contributed by atoms with Crippen LogP contribution in [0.4, 0.5) is 5.95 Å². The van der Waals surface area contributed by atoms with Gasteiger partial charge in [-0.1, -0.05) is 51.1 Å². The maximum atomic E-state index is 11.9. The molecule has 3 heterocycles. The molecular formula is C31H38N6O. The molecule has 0 spiro atoms. The molecule has 0 aliphatic carbocycles. The van der Waals surface area contributed by atoms with Crippen molar-refractivity contribution in [3.8, 4) is 0 Å². The van der Waals surface area contributed by atoms with Crippen LogP contribution in [0.25, 0.3) is 11.2 Å². The summed E-state index contributed by atoms with van der Waals surface area (Å²) in [4.78, 5) is 28.8. The van der Waals surface area contributed by atoms with Crippen molar-refractivity contribution in [1.82, 2.24) is 24.8 Å². The lowest BCUT2D eigenvalue weighted by Crippen LogP contribution is -2.34. The number of aryl methyl sites for hydroxylation is 2. The van der Waals surface area contributed by atoms with Crippen molar-refractivity contribution in [2.24, 2.45) is 7.05 Å². The lowest BCUT2D eigenvalue weighted by molar-refractivity contribution is 0.0963. The number of piperidine rings is 1. The summed E-state index contributed by atoms with van der Waals surface area (Å²) in [5, 5.41) is 2.68. The standard InChI is InChI=1S/C31H38N6O/c1-20-7-12-25(31(2,3)4)17-24(20)18-26-27-28(33-19-36(27)6)35-30(34-26)37-15-13-22(14-16-37)21-8-10-23(11-9-21)29(38)32-5/h7-12,17,19,22H,13-16,18H2,1-6H3,(H,32,38). The minimum Gasteiger partial charge on any atom is -0.355 e. The molecule has 0 unspecified atom stereocenters. The van der Waals surface area contributed by atoms with Crippen molar-refractivity contribution >= 4 is 23.0 Å². The highest BCUT2D eigenvalue weighted by molar-refractivity contribution is 5.93. The maximum Gasteiger partial charge on any atom is 0.251 e. The number of amides is 1. The van der Waals surface area contributed by atoms with Gasteiger partial charge in [-0.2, -0.15) is 4.98 Å². The summed E-state index contributed by atoms with van der Waals surface area (Å²) in [5.41, 5.74) is 8.75. The number of hydrogen-bond acceptors (Lipinski definition) is 5. The number of imidazole rings is 1. The van der Waals surface area contributed by atoms with Crippen LogP contribution in [-0.4, -0.2) is 45.6 Å². The second-order valence-electron chi connectivity index (χ2n) is 11.5. The van der Waals surface area contributed by atoms with Crippen LogP contribution in [0.1, 0.15) is 77.8 Å². The van der Waals surface area contributed by atoms with Crippen LogP contribution >= 0.6 is 0 Å². The number of hydrogen-bond donors (Lipinski definition) is 1. The van der Waals surface area contributed by atoms with Gasteiger partial charge in [-0.25, -0.2) is 9.97 Å². The number of carbonyl (C=O) groups is 1. The van der Waals surface area contributed by atoms with Crippen LogP contribution in [0.3, 0.4) is 0 Å². The van der Waals surface area contributed by atoms with Crippen LogP contribution in [0.15, 0.2) is 48.8 Å². The van der Waals surface area contributed by atoms with Crippen molar-refractivity contribution in [1.29, 1.82) is 0 Å². The van der Waals surface area contributed by atoms with Crippen LogP contribution in [0.5, 0.6) is 0 Å². The molecule has 0 bridgehead atoms. The monoisotopic (exact) mass is 510 g/mol. The topological polar surface area (TPSA) is 75.9 Å². The molecule has 4 aromatic rings. The first-order valence-corrected chi connectivity index (χ1v) is 13.5. The molecule has 1 fully saturated rings. The van der Waals surface area contributed by atoms with Gasteiger partial charge in [0.05, 0.1) is 12.0 Å². The van der Waals surface area contributed by atoms with E-state index in [1.165, 1.54) is 22.3 Å². The Kier molecular flexibility index (Phi) is 6.95. The number of carbonyl (C=O) groups excluding carboxylic acids is 1. The number of benzene rings is 2. The molecule has 1 saturated heterocycles. The molecule has 198 valence electrons. The fraction of sp³-hybridized carbons (Fsp3) is 0.419. The first-order chi connectivity index (χ1) is 18.1. The van der Waals surface area contributed by atoms with E-state index in [0.29, 0.717) is 11.5 Å². The molecule has 2 aromatic heterocycles. The Balaban J connectivity index is 1.39. The molecular weight excluding hydrogens is 472 g/mol. The van der Waals surface area contributed by atoms with Gasteiger partial charge in [0.2, 0.25) is 5.95 Å². The Bertz CT molecular complexity index is 1460. The average Bonchev–Trinajstić information content (AvgIpc) is 3.29. The molecule has 1 N–H and O–H groups in total. The Morgan fingerprint density at radius 1 is 1.05 bits per heavy atom. The minimum absolute atomic E-state index is 0.0513. The highest BCUT2D eigenvalue weighted by Gasteiger charge is 2.25. The number of nitrogens with zero attached hydrogens (tertiary/aromatic N) is 5. The van der Waals surface area contributed by atoms with E-state index in [-0.39, 0.29) is 11.3 Å². The summed E-state index contributed by atoms with van der Waals surface area (Å²) >= 11 is 0. The molecule has 1 aliphatic heterocycles. The van der Waals surface area contributed by atoms with Gasteiger partial charge in [-0.15, -0.1) is 0 Å². The predicted molar refractivity (Wildman–Crippen MR) is 153 cm³/mol. The van der Waals surface area contributed by atoms with Crippen LogP contribution in [0.2, 0.25) is 0 Å². The van der Waals surface area contributed by atoms with E-state index in [1.807, 2.05) is 30.1 Å². The van der Waals surface area contributed by atoms with Crippen LogP contribution < -0.4 is 10.2 Å². The van der Waals surface area contributed by atoms with Crippen molar-refractivity contribution in [3.63, 3.8) is 0 Å². The summed E-state index contributed by atoms with van der Waals surface area (Å²) < 4.78 is 2.03. The average molecular weight is 511 g/mol. The zero-order valence-electron chi connectivity index (χ0n) is 23.4. The molecule has 0 atom stereocenters. The normalized spacial score (nSPS) is 14.7. The van der Waals surface area contributed by atoms with E-state index < -0.39 is 0 Å². The smallest absolute Gasteiger partial charge is 0.251 e. The first-order valence-electron chi connectivity index (χ1n) is 13.5. The molecule has 2 aromatic carbocycles. The molecule has 38 heavy (non-hydrogen) atoms. The van der Waals surface area contributed by atoms with Crippen molar-refractivity contribution in [3.05, 3.63) is 82.3 Å².